The van der Waals surface area contributed by atoms with Crippen LogP contribution in [0, 0.1) is 0 Å². The Kier molecular flexibility index (Phi) is 7.93. The Morgan fingerprint density at radius 3 is 1.95 bits per heavy atom. The van der Waals surface area contributed by atoms with E-state index in [2.05, 4.69) is 12.2 Å². The molecule has 0 aromatic heterocycles. The molecule has 1 aromatic rings. The summed E-state index contributed by atoms with van der Waals surface area (Å²) in [6.45, 7) is 11.0. The molecule has 21 heavy (non-hydrogen) atoms. The molecule has 0 aliphatic rings. The minimum absolute atomic E-state index is 0.266. The van der Waals surface area contributed by atoms with Crippen molar-refractivity contribution >= 4 is 0 Å². The van der Waals surface area contributed by atoms with Gasteiger partial charge in [-0.05, 0) is 45.4 Å². The summed E-state index contributed by atoms with van der Waals surface area (Å²) < 4.78 is 17.1. The third kappa shape index (κ3) is 5.44. The van der Waals surface area contributed by atoms with Crippen molar-refractivity contribution in [2.24, 2.45) is 5.73 Å². The summed E-state index contributed by atoms with van der Waals surface area (Å²) in [5, 5.41) is 3.36. The summed E-state index contributed by atoms with van der Waals surface area (Å²) in [6, 6.07) is 4.25. The third-order valence-corrected chi connectivity index (χ3v) is 2.98. The van der Waals surface area contributed by atoms with Crippen molar-refractivity contribution < 1.29 is 14.2 Å². The average molecular weight is 296 g/mol. The highest BCUT2D eigenvalue weighted by Gasteiger charge is 2.15. The molecule has 0 aliphatic carbocycles. The maximum Gasteiger partial charge on any atom is 0.203 e. The van der Waals surface area contributed by atoms with Crippen LogP contribution in [0.4, 0.5) is 0 Å². The van der Waals surface area contributed by atoms with Gasteiger partial charge in [0.2, 0.25) is 5.75 Å². The number of hydrogen-bond donors (Lipinski definition) is 2. The molecule has 1 aromatic carbocycles. The highest BCUT2D eigenvalue weighted by molar-refractivity contribution is 5.54. The topological polar surface area (TPSA) is 65.7 Å². The predicted octanol–water partition coefficient (Wildman–Crippen LogP) is 2.32. The second kappa shape index (κ2) is 9.47. The molecule has 1 atom stereocenters. The highest BCUT2D eigenvalue weighted by Crippen LogP contribution is 2.39. The molecular weight excluding hydrogens is 268 g/mol. The van der Waals surface area contributed by atoms with Gasteiger partial charge in [-0.15, -0.1) is 0 Å². The molecule has 0 radical (unpaired) electrons. The maximum absolute atomic E-state index is 5.69. The molecule has 5 heteroatoms. The monoisotopic (exact) mass is 296 g/mol. The van der Waals surface area contributed by atoms with Gasteiger partial charge < -0.3 is 25.3 Å². The molecule has 0 amide bonds. The van der Waals surface area contributed by atoms with Gasteiger partial charge in [-0.3, -0.25) is 0 Å². The lowest BCUT2D eigenvalue weighted by Crippen LogP contribution is -2.32. The second-order valence-corrected chi connectivity index (χ2v) is 4.74. The number of ether oxygens (including phenoxy) is 3. The highest BCUT2D eigenvalue weighted by atomic mass is 16.5. The summed E-state index contributed by atoms with van der Waals surface area (Å²) in [6.07, 6.45) is 0. The Hall–Kier alpha value is -1.46. The summed E-state index contributed by atoms with van der Waals surface area (Å²) in [5.41, 5.74) is 6.71. The van der Waals surface area contributed by atoms with Crippen molar-refractivity contribution in [1.82, 2.24) is 5.32 Å². The molecule has 0 saturated carbocycles. The van der Waals surface area contributed by atoms with E-state index < -0.39 is 0 Å². The Morgan fingerprint density at radius 1 is 1.00 bits per heavy atom. The van der Waals surface area contributed by atoms with Gasteiger partial charge >= 0.3 is 0 Å². The van der Waals surface area contributed by atoms with E-state index in [1.165, 1.54) is 0 Å². The van der Waals surface area contributed by atoms with Gasteiger partial charge in [-0.2, -0.15) is 0 Å². The van der Waals surface area contributed by atoms with E-state index in [9.17, 15) is 0 Å². The largest absolute Gasteiger partial charge is 0.490 e. The third-order valence-electron chi connectivity index (χ3n) is 2.98. The van der Waals surface area contributed by atoms with Crippen LogP contribution in [0.25, 0.3) is 0 Å². The Balaban J connectivity index is 3.03. The second-order valence-electron chi connectivity index (χ2n) is 4.74. The molecule has 0 spiro atoms. The molecule has 5 nitrogen and oxygen atoms in total. The van der Waals surface area contributed by atoms with E-state index >= 15 is 0 Å². The van der Waals surface area contributed by atoms with Crippen molar-refractivity contribution in [2.45, 2.75) is 40.3 Å². The molecule has 0 aliphatic heterocycles. The van der Waals surface area contributed by atoms with Gasteiger partial charge in [0.05, 0.1) is 19.8 Å². The van der Waals surface area contributed by atoms with Crippen LogP contribution < -0.4 is 25.3 Å². The van der Waals surface area contributed by atoms with E-state index in [1.54, 1.807) is 0 Å². The van der Waals surface area contributed by atoms with Gasteiger partial charge in [-0.1, -0.05) is 0 Å². The minimum Gasteiger partial charge on any atom is -0.490 e. The average Bonchev–Trinajstić information content (AvgIpc) is 2.48. The van der Waals surface area contributed by atoms with Gasteiger partial charge in [0, 0.05) is 19.1 Å². The lowest BCUT2D eigenvalue weighted by molar-refractivity contribution is 0.260. The van der Waals surface area contributed by atoms with Gasteiger partial charge in [0.15, 0.2) is 11.5 Å². The number of hydrogen-bond acceptors (Lipinski definition) is 5. The van der Waals surface area contributed by atoms with E-state index in [4.69, 9.17) is 19.9 Å². The summed E-state index contributed by atoms with van der Waals surface area (Å²) in [4.78, 5) is 0. The van der Waals surface area contributed by atoms with Gasteiger partial charge in [0.25, 0.3) is 0 Å². The zero-order chi connectivity index (χ0) is 15.7. The van der Waals surface area contributed by atoms with Crippen LogP contribution in [0.15, 0.2) is 12.1 Å². The lowest BCUT2D eigenvalue weighted by Gasteiger charge is -2.18. The van der Waals surface area contributed by atoms with E-state index in [1.807, 2.05) is 32.9 Å². The number of benzene rings is 1. The SMILES string of the molecule is CCOc1cc(CN[C@@H](C)CN)cc(OCC)c1OCC. The van der Waals surface area contributed by atoms with Crippen LogP contribution in [0.2, 0.25) is 0 Å². The Morgan fingerprint density at radius 2 is 1.52 bits per heavy atom. The van der Waals surface area contributed by atoms with E-state index in [0.29, 0.717) is 38.7 Å². The molecule has 0 fully saturated rings. The fourth-order valence-corrected chi connectivity index (χ4v) is 1.92. The first kappa shape index (κ1) is 17.6. The summed E-state index contributed by atoms with van der Waals surface area (Å²) >= 11 is 0. The first-order valence-corrected chi connectivity index (χ1v) is 7.64. The van der Waals surface area contributed by atoms with Crippen molar-refractivity contribution in [3.8, 4) is 17.2 Å². The zero-order valence-electron chi connectivity index (χ0n) is 13.6. The summed E-state index contributed by atoms with van der Waals surface area (Å²) in [5.74, 6) is 2.13. The quantitative estimate of drug-likeness (QED) is 0.693. The van der Waals surface area contributed by atoms with Crippen molar-refractivity contribution in [2.75, 3.05) is 26.4 Å². The molecule has 0 saturated heterocycles. The zero-order valence-corrected chi connectivity index (χ0v) is 13.6. The number of nitrogens with two attached hydrogens (primary N) is 1. The first-order valence-electron chi connectivity index (χ1n) is 7.64. The van der Waals surface area contributed by atoms with Crippen LogP contribution >= 0.6 is 0 Å². The smallest absolute Gasteiger partial charge is 0.203 e. The predicted molar refractivity (Wildman–Crippen MR) is 85.3 cm³/mol. The normalized spacial score (nSPS) is 12.0. The van der Waals surface area contributed by atoms with Crippen LogP contribution in [-0.2, 0) is 6.54 Å². The molecule has 0 heterocycles. The summed E-state index contributed by atoms with van der Waals surface area (Å²) in [7, 11) is 0. The van der Waals surface area contributed by atoms with Gasteiger partial charge in [-0.25, -0.2) is 0 Å². The van der Waals surface area contributed by atoms with Crippen LogP contribution in [-0.4, -0.2) is 32.4 Å². The van der Waals surface area contributed by atoms with Crippen molar-refractivity contribution in [3.05, 3.63) is 17.7 Å². The molecule has 120 valence electrons. The molecule has 3 N–H and O–H groups in total. The Bertz CT molecular complexity index is 397. The lowest BCUT2D eigenvalue weighted by atomic mass is 10.1. The van der Waals surface area contributed by atoms with Crippen molar-refractivity contribution in [1.29, 1.82) is 0 Å². The molecule has 0 unspecified atom stereocenters. The molecule has 1 rings (SSSR count). The Labute approximate surface area is 127 Å². The van der Waals surface area contributed by atoms with E-state index in [0.717, 1.165) is 17.1 Å². The minimum atomic E-state index is 0.266. The van der Waals surface area contributed by atoms with Crippen LogP contribution in [0.5, 0.6) is 17.2 Å². The van der Waals surface area contributed by atoms with Crippen molar-refractivity contribution in [3.63, 3.8) is 0 Å². The number of rotatable bonds is 10. The fraction of sp³-hybridized carbons (Fsp3) is 0.625. The van der Waals surface area contributed by atoms with Gasteiger partial charge in [0.1, 0.15) is 0 Å². The molecular formula is C16H28N2O3. The van der Waals surface area contributed by atoms with E-state index in [-0.39, 0.29) is 6.04 Å². The maximum atomic E-state index is 5.69. The molecule has 0 bridgehead atoms. The van der Waals surface area contributed by atoms with Crippen LogP contribution in [0.3, 0.4) is 0 Å². The van der Waals surface area contributed by atoms with Crippen LogP contribution in [0.1, 0.15) is 33.3 Å². The number of nitrogens with one attached hydrogen (secondary N) is 1. The first-order chi connectivity index (χ1) is 10.2. The standard InChI is InChI=1S/C16H28N2O3/c1-5-19-14-8-13(11-18-12(4)10-17)9-15(20-6-2)16(14)21-7-3/h8-9,12,18H,5-7,10-11,17H2,1-4H3/t12-/m0/s1. The fourth-order valence-electron chi connectivity index (χ4n) is 1.92.